The lowest BCUT2D eigenvalue weighted by Crippen LogP contribution is -2.38. The lowest BCUT2D eigenvalue weighted by molar-refractivity contribution is -0.134. The summed E-state index contributed by atoms with van der Waals surface area (Å²) >= 11 is 6.12. The number of nitrogens with zero attached hydrogens (tertiary/aromatic N) is 2. The summed E-state index contributed by atoms with van der Waals surface area (Å²) in [5.74, 6) is 0.716. The molecule has 0 saturated heterocycles. The summed E-state index contributed by atoms with van der Waals surface area (Å²) in [6.45, 7) is 3.17. The molecule has 2 heterocycles. The molecule has 1 N–H and O–H groups in total. The van der Waals surface area contributed by atoms with Crippen LogP contribution in [0.5, 0.6) is 5.75 Å². The van der Waals surface area contributed by atoms with Gasteiger partial charge in [-0.1, -0.05) is 41.9 Å². The molecule has 6 heteroatoms. The molecule has 0 spiro atoms. The van der Waals surface area contributed by atoms with Gasteiger partial charge in [0.25, 0.3) is 5.91 Å². The van der Waals surface area contributed by atoms with Crippen molar-refractivity contribution in [1.82, 2.24) is 15.1 Å². The third-order valence-electron chi connectivity index (χ3n) is 4.83. The van der Waals surface area contributed by atoms with Crippen molar-refractivity contribution in [3.8, 4) is 17.0 Å². The molecule has 4 rings (SSSR count). The van der Waals surface area contributed by atoms with E-state index in [-0.39, 0.29) is 12.5 Å². The van der Waals surface area contributed by atoms with Crippen molar-refractivity contribution in [3.05, 3.63) is 70.4 Å². The normalized spacial score (nSPS) is 13.3. The maximum absolute atomic E-state index is 12.7. The van der Waals surface area contributed by atoms with Gasteiger partial charge in [-0.05, 0) is 30.7 Å². The van der Waals surface area contributed by atoms with Crippen LogP contribution in [0.15, 0.2) is 48.5 Å². The topological polar surface area (TPSA) is 58.2 Å². The first-order valence-electron chi connectivity index (χ1n) is 8.90. The van der Waals surface area contributed by atoms with Crippen molar-refractivity contribution in [3.63, 3.8) is 0 Å². The van der Waals surface area contributed by atoms with Gasteiger partial charge in [-0.2, -0.15) is 5.10 Å². The lowest BCUT2D eigenvalue weighted by atomic mass is 10.0. The number of nitrogens with one attached hydrogen (secondary N) is 1. The van der Waals surface area contributed by atoms with E-state index in [1.165, 1.54) is 0 Å². The fourth-order valence-corrected chi connectivity index (χ4v) is 3.52. The summed E-state index contributed by atoms with van der Waals surface area (Å²) in [5.41, 5.74) is 4.95. The summed E-state index contributed by atoms with van der Waals surface area (Å²) < 4.78 is 5.72. The second-order valence-electron chi connectivity index (χ2n) is 6.66. The van der Waals surface area contributed by atoms with E-state index in [0.717, 1.165) is 40.2 Å². The predicted molar refractivity (Wildman–Crippen MR) is 105 cm³/mol. The zero-order valence-corrected chi connectivity index (χ0v) is 15.8. The Morgan fingerprint density at radius 2 is 2.11 bits per heavy atom. The molecule has 0 atom stereocenters. The Hall–Kier alpha value is -2.79. The summed E-state index contributed by atoms with van der Waals surface area (Å²) in [7, 11) is 0. The van der Waals surface area contributed by atoms with E-state index in [9.17, 15) is 4.79 Å². The number of aryl methyl sites for hydroxylation is 1. The molecule has 27 heavy (non-hydrogen) atoms. The number of ether oxygens (including phenoxy) is 1. The smallest absolute Gasteiger partial charge is 0.260 e. The number of aromatic nitrogens is 2. The molecule has 1 aromatic heterocycles. The number of amides is 1. The van der Waals surface area contributed by atoms with Crippen LogP contribution in [-0.2, 0) is 17.8 Å². The second-order valence-corrected chi connectivity index (χ2v) is 7.10. The monoisotopic (exact) mass is 381 g/mol. The van der Waals surface area contributed by atoms with Crippen molar-refractivity contribution in [2.75, 3.05) is 13.2 Å². The predicted octanol–water partition coefficient (Wildman–Crippen LogP) is 4.00. The number of halogens is 1. The Balaban J connectivity index is 1.48. The van der Waals surface area contributed by atoms with Gasteiger partial charge in [0, 0.05) is 41.4 Å². The number of rotatable bonds is 4. The van der Waals surface area contributed by atoms with Crippen LogP contribution in [0.3, 0.4) is 0 Å². The van der Waals surface area contributed by atoms with Gasteiger partial charge < -0.3 is 9.64 Å². The Morgan fingerprint density at radius 3 is 2.93 bits per heavy atom. The molecule has 1 aliphatic rings. The molecule has 0 radical (unpaired) electrons. The van der Waals surface area contributed by atoms with E-state index in [0.29, 0.717) is 18.1 Å². The standard InChI is InChI=1S/C21H20ClN3O2/c1-14-5-2-3-8-19(14)27-13-20(26)25-10-9-18-17(12-25)21(24-23-18)15-6-4-7-16(22)11-15/h2-8,11H,9-10,12-13H2,1H3,(H,23,24). The summed E-state index contributed by atoms with van der Waals surface area (Å²) in [5, 5.41) is 8.23. The van der Waals surface area contributed by atoms with Gasteiger partial charge in [-0.3, -0.25) is 9.89 Å². The number of carbonyl (C=O) groups is 1. The van der Waals surface area contributed by atoms with Crippen LogP contribution < -0.4 is 4.74 Å². The molecule has 3 aromatic rings. The number of hydrogen-bond acceptors (Lipinski definition) is 3. The van der Waals surface area contributed by atoms with Crippen molar-refractivity contribution >= 4 is 17.5 Å². The van der Waals surface area contributed by atoms with Crippen LogP contribution in [0.4, 0.5) is 0 Å². The summed E-state index contributed by atoms with van der Waals surface area (Å²) in [6.07, 6.45) is 0.749. The van der Waals surface area contributed by atoms with Crippen molar-refractivity contribution in [2.45, 2.75) is 19.9 Å². The zero-order valence-electron chi connectivity index (χ0n) is 15.0. The SMILES string of the molecule is Cc1ccccc1OCC(=O)N1CCc2[nH]nc(-c3cccc(Cl)c3)c2C1. The minimum Gasteiger partial charge on any atom is -0.484 e. The van der Waals surface area contributed by atoms with Crippen LogP contribution in [-0.4, -0.2) is 34.2 Å². The van der Waals surface area contributed by atoms with Crippen LogP contribution in [0.25, 0.3) is 11.3 Å². The van der Waals surface area contributed by atoms with Crippen molar-refractivity contribution in [1.29, 1.82) is 0 Å². The first-order chi connectivity index (χ1) is 13.1. The number of para-hydroxylation sites is 1. The fraction of sp³-hybridized carbons (Fsp3) is 0.238. The fourth-order valence-electron chi connectivity index (χ4n) is 3.33. The van der Waals surface area contributed by atoms with Crippen molar-refractivity contribution in [2.24, 2.45) is 0 Å². The van der Waals surface area contributed by atoms with Crippen molar-refractivity contribution < 1.29 is 9.53 Å². The maximum atomic E-state index is 12.7. The number of carbonyl (C=O) groups excluding carboxylic acids is 1. The van der Waals surface area contributed by atoms with Gasteiger partial charge in [0.15, 0.2) is 6.61 Å². The van der Waals surface area contributed by atoms with E-state index in [4.69, 9.17) is 16.3 Å². The number of hydrogen-bond donors (Lipinski definition) is 1. The molecule has 0 unspecified atom stereocenters. The van der Waals surface area contributed by atoms with Crippen LogP contribution in [0.2, 0.25) is 5.02 Å². The van der Waals surface area contributed by atoms with E-state index >= 15 is 0 Å². The van der Waals surface area contributed by atoms with Gasteiger partial charge in [0.2, 0.25) is 0 Å². The average molecular weight is 382 g/mol. The molecular formula is C21H20ClN3O2. The first kappa shape index (κ1) is 17.6. The molecule has 0 fully saturated rings. The third kappa shape index (κ3) is 3.69. The van der Waals surface area contributed by atoms with E-state index in [2.05, 4.69) is 10.2 Å². The van der Waals surface area contributed by atoms with Crippen LogP contribution in [0.1, 0.15) is 16.8 Å². The molecule has 2 aromatic carbocycles. The highest BCUT2D eigenvalue weighted by atomic mass is 35.5. The highest BCUT2D eigenvalue weighted by molar-refractivity contribution is 6.30. The van der Waals surface area contributed by atoms with Crippen LogP contribution >= 0.6 is 11.6 Å². The number of aromatic amines is 1. The summed E-state index contributed by atoms with van der Waals surface area (Å²) in [4.78, 5) is 14.5. The molecule has 5 nitrogen and oxygen atoms in total. The average Bonchev–Trinajstić information content (AvgIpc) is 3.10. The maximum Gasteiger partial charge on any atom is 0.260 e. The van der Waals surface area contributed by atoms with Gasteiger partial charge in [-0.25, -0.2) is 0 Å². The third-order valence-corrected chi connectivity index (χ3v) is 5.06. The van der Waals surface area contributed by atoms with Crippen LogP contribution in [0, 0.1) is 6.92 Å². The van der Waals surface area contributed by atoms with Gasteiger partial charge in [0.1, 0.15) is 5.75 Å². The van der Waals surface area contributed by atoms with E-state index < -0.39 is 0 Å². The quantitative estimate of drug-likeness (QED) is 0.743. The Morgan fingerprint density at radius 1 is 1.26 bits per heavy atom. The molecule has 138 valence electrons. The molecule has 1 aliphatic heterocycles. The zero-order chi connectivity index (χ0) is 18.8. The van der Waals surface area contributed by atoms with Gasteiger partial charge >= 0.3 is 0 Å². The Bertz CT molecular complexity index is 983. The summed E-state index contributed by atoms with van der Waals surface area (Å²) in [6, 6.07) is 15.3. The van der Waals surface area contributed by atoms with Gasteiger partial charge in [-0.15, -0.1) is 0 Å². The highest BCUT2D eigenvalue weighted by Crippen LogP contribution is 2.29. The Kier molecular flexibility index (Phi) is 4.86. The number of fused-ring (bicyclic) bond motifs is 1. The largest absolute Gasteiger partial charge is 0.484 e. The lowest BCUT2D eigenvalue weighted by Gasteiger charge is -2.27. The molecule has 0 aliphatic carbocycles. The molecule has 0 saturated carbocycles. The number of H-pyrrole nitrogens is 1. The molecule has 0 bridgehead atoms. The van der Waals surface area contributed by atoms with E-state index in [1.54, 1.807) is 0 Å². The first-order valence-corrected chi connectivity index (χ1v) is 9.28. The van der Waals surface area contributed by atoms with Gasteiger partial charge in [0.05, 0.1) is 5.69 Å². The number of benzene rings is 2. The highest BCUT2D eigenvalue weighted by Gasteiger charge is 2.26. The molecular weight excluding hydrogens is 362 g/mol. The minimum atomic E-state index is -0.0258. The Labute approximate surface area is 162 Å². The molecule has 1 amide bonds. The second kappa shape index (κ2) is 7.45. The minimum absolute atomic E-state index is 0.0258. The van der Waals surface area contributed by atoms with E-state index in [1.807, 2.05) is 60.4 Å².